The van der Waals surface area contributed by atoms with Crippen molar-refractivity contribution in [1.29, 1.82) is 0 Å². The highest BCUT2D eigenvalue weighted by molar-refractivity contribution is 7.47. The Morgan fingerprint density at radius 3 is 1.39 bits per heavy atom. The summed E-state index contributed by atoms with van der Waals surface area (Å²) in [6.07, 6.45) is 47.5. The van der Waals surface area contributed by atoms with Gasteiger partial charge >= 0.3 is 25.7 Å². The Labute approximate surface area is 358 Å². The van der Waals surface area contributed by atoms with Gasteiger partial charge in [-0.1, -0.05) is 184 Å². The number of rotatable bonds is 43. The number of carboxylic acids is 1. The van der Waals surface area contributed by atoms with E-state index in [4.69, 9.17) is 24.8 Å². The number of phosphoric acid groups is 1. The van der Waals surface area contributed by atoms with Gasteiger partial charge in [-0.15, -0.1) is 0 Å². The Morgan fingerprint density at radius 1 is 0.525 bits per heavy atom. The third-order valence-electron chi connectivity index (χ3n) is 9.83. The summed E-state index contributed by atoms with van der Waals surface area (Å²) in [5.74, 6) is -2.44. The zero-order valence-corrected chi connectivity index (χ0v) is 38.0. The summed E-state index contributed by atoms with van der Waals surface area (Å²) >= 11 is 0. The topological polar surface area (TPSA) is 172 Å². The molecule has 11 nitrogen and oxygen atoms in total. The van der Waals surface area contributed by atoms with E-state index in [1.54, 1.807) is 0 Å². The van der Waals surface area contributed by atoms with Crippen LogP contribution < -0.4 is 5.73 Å². The van der Waals surface area contributed by atoms with Gasteiger partial charge in [0.25, 0.3) is 0 Å². The smallest absolute Gasteiger partial charge is 0.472 e. The largest absolute Gasteiger partial charge is 0.480 e. The summed E-state index contributed by atoms with van der Waals surface area (Å²) in [6, 6.07) is -1.53. The molecule has 0 aliphatic rings. The second-order valence-corrected chi connectivity index (χ2v) is 17.0. The van der Waals surface area contributed by atoms with Gasteiger partial charge in [0, 0.05) is 12.8 Å². The average molecular weight is 854 g/mol. The molecule has 1 unspecified atom stereocenters. The molecule has 0 aromatic heterocycles. The molecule has 0 aliphatic carbocycles. The van der Waals surface area contributed by atoms with Crippen molar-refractivity contribution in [1.82, 2.24) is 0 Å². The minimum Gasteiger partial charge on any atom is -0.480 e. The lowest BCUT2D eigenvalue weighted by Gasteiger charge is -2.20. The van der Waals surface area contributed by atoms with Crippen molar-refractivity contribution in [3.63, 3.8) is 0 Å². The number of carboxylic acid groups (broad SMARTS) is 1. The molecular weight excluding hydrogens is 769 g/mol. The molecule has 4 N–H and O–H groups in total. The number of esters is 2. The van der Waals surface area contributed by atoms with Gasteiger partial charge in [-0.05, 0) is 51.4 Å². The minimum atomic E-state index is -4.73. The lowest BCUT2D eigenvalue weighted by Crippen LogP contribution is -2.34. The van der Waals surface area contributed by atoms with Crippen molar-refractivity contribution in [2.45, 2.75) is 212 Å². The van der Waals surface area contributed by atoms with E-state index in [1.165, 1.54) is 109 Å². The van der Waals surface area contributed by atoms with Gasteiger partial charge in [-0.2, -0.15) is 0 Å². The molecule has 0 saturated carbocycles. The van der Waals surface area contributed by atoms with Gasteiger partial charge < -0.3 is 25.2 Å². The number of hydrogen-bond acceptors (Lipinski definition) is 9. The van der Waals surface area contributed by atoms with E-state index >= 15 is 0 Å². The van der Waals surface area contributed by atoms with Crippen LogP contribution in [0.2, 0.25) is 0 Å². The molecule has 0 heterocycles. The van der Waals surface area contributed by atoms with Gasteiger partial charge in [0.05, 0.1) is 13.2 Å². The predicted octanol–water partition coefficient (Wildman–Crippen LogP) is 12.6. The number of unbranched alkanes of at least 4 members (excludes halogenated alkanes) is 21. The molecule has 342 valence electrons. The molecule has 0 radical (unpaired) electrons. The molecule has 3 atom stereocenters. The molecule has 0 amide bonds. The monoisotopic (exact) mass is 854 g/mol. The second kappa shape index (κ2) is 42.1. The van der Waals surface area contributed by atoms with Crippen molar-refractivity contribution in [3.8, 4) is 0 Å². The Kier molecular flexibility index (Phi) is 40.3. The van der Waals surface area contributed by atoms with E-state index in [-0.39, 0.29) is 19.4 Å². The number of carbonyl (C=O) groups excluding carboxylic acids is 2. The summed E-state index contributed by atoms with van der Waals surface area (Å²) in [6.45, 7) is 2.74. The fourth-order valence-electron chi connectivity index (χ4n) is 6.18. The van der Waals surface area contributed by atoms with Crippen LogP contribution in [0.5, 0.6) is 0 Å². The molecule has 0 aromatic rings. The minimum absolute atomic E-state index is 0.146. The SMILES string of the molecule is CCCCC/C=C/C/C=C/C/C=C/C/C=C/CCCC(=O)OC[C@H](COP(=O)(O)OC[C@H](N)C(=O)O)OC(=O)CCCCCCCCCCCCCCCCCCCC. The zero-order chi connectivity index (χ0) is 43.5. The Hall–Kier alpha value is -2.56. The molecule has 0 aromatic carbocycles. The quantitative estimate of drug-likeness (QED) is 0.0231. The molecule has 0 aliphatic heterocycles. The predicted molar refractivity (Wildman–Crippen MR) is 240 cm³/mol. The van der Waals surface area contributed by atoms with Crippen molar-refractivity contribution in [2.75, 3.05) is 19.8 Å². The first kappa shape index (κ1) is 56.4. The first-order valence-corrected chi connectivity index (χ1v) is 24.7. The van der Waals surface area contributed by atoms with Gasteiger partial charge in [-0.25, -0.2) is 4.57 Å². The maximum absolute atomic E-state index is 12.6. The third kappa shape index (κ3) is 41.9. The van der Waals surface area contributed by atoms with E-state index in [1.807, 2.05) is 6.08 Å². The van der Waals surface area contributed by atoms with E-state index in [9.17, 15) is 23.8 Å². The molecular formula is C47H84NO10P. The maximum Gasteiger partial charge on any atom is 0.472 e. The highest BCUT2D eigenvalue weighted by atomic mass is 31.2. The van der Waals surface area contributed by atoms with Crippen LogP contribution in [-0.2, 0) is 37.5 Å². The highest BCUT2D eigenvalue weighted by Crippen LogP contribution is 2.43. The molecule has 59 heavy (non-hydrogen) atoms. The lowest BCUT2D eigenvalue weighted by atomic mass is 10.0. The Balaban J connectivity index is 4.39. The molecule has 12 heteroatoms. The van der Waals surface area contributed by atoms with E-state index in [2.05, 4.69) is 60.9 Å². The molecule has 0 bridgehead atoms. The fourth-order valence-corrected chi connectivity index (χ4v) is 6.95. The standard InChI is InChI=1S/C47H84NO10P/c1-3-5-7-9-11-13-15-17-19-21-23-25-27-29-31-33-35-37-39-46(50)58-43(41-56-59(53,54)57-42-44(48)47(51)52)40-55-45(49)38-36-34-32-30-28-26-24-22-20-18-16-14-12-10-8-6-4-2/h12,14,18,20,24,26,30,32,43-44H,3-11,13,15-17,19,21-23,25,27-29,31,33-42,48H2,1-2H3,(H,51,52)(H,53,54)/b14-12+,20-18+,26-24+,32-30+/t43-,44+/m1/s1. The zero-order valence-electron chi connectivity index (χ0n) is 37.1. The summed E-state index contributed by atoms with van der Waals surface area (Å²) in [4.78, 5) is 46.0. The fraction of sp³-hybridized carbons (Fsp3) is 0.766. The van der Waals surface area contributed by atoms with E-state index in [0.29, 0.717) is 19.3 Å². The average Bonchev–Trinajstić information content (AvgIpc) is 3.21. The summed E-state index contributed by atoms with van der Waals surface area (Å²) in [5, 5.41) is 8.90. The number of aliphatic carboxylic acids is 1. The maximum atomic E-state index is 12.6. The van der Waals surface area contributed by atoms with Crippen LogP contribution in [0.4, 0.5) is 0 Å². The molecule has 0 fully saturated rings. The van der Waals surface area contributed by atoms with Crippen LogP contribution in [-0.4, -0.2) is 59.9 Å². The van der Waals surface area contributed by atoms with Crippen molar-refractivity contribution >= 4 is 25.7 Å². The molecule has 0 rings (SSSR count). The number of allylic oxidation sites excluding steroid dienone is 8. The number of ether oxygens (including phenoxy) is 2. The van der Waals surface area contributed by atoms with Crippen molar-refractivity contribution < 1.29 is 47.5 Å². The molecule has 0 saturated heterocycles. The molecule has 0 spiro atoms. The highest BCUT2D eigenvalue weighted by Gasteiger charge is 2.28. The third-order valence-corrected chi connectivity index (χ3v) is 10.8. The van der Waals surface area contributed by atoms with E-state index in [0.717, 1.165) is 44.9 Å². The normalized spacial score (nSPS) is 14.1. The van der Waals surface area contributed by atoms with Crippen LogP contribution in [0.1, 0.15) is 200 Å². The Morgan fingerprint density at radius 2 is 0.915 bits per heavy atom. The summed E-state index contributed by atoms with van der Waals surface area (Å²) in [5.41, 5.74) is 5.34. The van der Waals surface area contributed by atoms with Gasteiger partial charge in [-0.3, -0.25) is 23.4 Å². The van der Waals surface area contributed by atoms with Crippen LogP contribution >= 0.6 is 7.82 Å². The first-order valence-electron chi connectivity index (χ1n) is 23.2. The number of carbonyl (C=O) groups is 3. The summed E-state index contributed by atoms with van der Waals surface area (Å²) < 4.78 is 32.7. The van der Waals surface area contributed by atoms with Crippen molar-refractivity contribution in [3.05, 3.63) is 48.6 Å². The van der Waals surface area contributed by atoms with Crippen LogP contribution in [0, 0.1) is 0 Å². The number of nitrogens with two attached hydrogens (primary N) is 1. The second-order valence-electron chi connectivity index (χ2n) is 15.5. The number of phosphoric ester groups is 1. The van der Waals surface area contributed by atoms with Crippen LogP contribution in [0.3, 0.4) is 0 Å². The van der Waals surface area contributed by atoms with Gasteiger partial charge in [0.1, 0.15) is 12.6 Å². The summed E-state index contributed by atoms with van der Waals surface area (Å²) in [7, 11) is -4.73. The van der Waals surface area contributed by atoms with Gasteiger partial charge in [0.15, 0.2) is 6.10 Å². The van der Waals surface area contributed by atoms with Crippen LogP contribution in [0.15, 0.2) is 48.6 Å². The number of hydrogen-bond donors (Lipinski definition) is 3. The van der Waals surface area contributed by atoms with Crippen molar-refractivity contribution in [2.24, 2.45) is 5.73 Å². The van der Waals surface area contributed by atoms with Crippen LogP contribution in [0.25, 0.3) is 0 Å². The first-order chi connectivity index (χ1) is 28.6. The van der Waals surface area contributed by atoms with E-state index < -0.39 is 51.1 Å². The lowest BCUT2D eigenvalue weighted by molar-refractivity contribution is -0.161. The Bertz CT molecular complexity index is 1190. The van der Waals surface area contributed by atoms with Gasteiger partial charge in [0.2, 0.25) is 0 Å².